The Morgan fingerprint density at radius 1 is 0.533 bits per heavy atom. The molecule has 0 atom stereocenters. The van der Waals surface area contributed by atoms with Gasteiger partial charge in [0, 0.05) is 0 Å². The Bertz CT molecular complexity index is 961. The fourth-order valence-corrected chi connectivity index (χ4v) is 4.32. The highest BCUT2D eigenvalue weighted by molar-refractivity contribution is 7.55. The molecule has 0 aliphatic rings. The fourth-order valence-electron chi connectivity index (χ4n) is 2.46. The molecule has 0 spiro atoms. The van der Waals surface area contributed by atoms with Crippen LogP contribution in [-0.4, -0.2) is 4.89 Å². The van der Waals surface area contributed by atoms with E-state index in [1.807, 2.05) is 0 Å². The monoisotopic (exact) mass is 436 g/mol. The van der Waals surface area contributed by atoms with E-state index in [4.69, 9.17) is 9.05 Å². The van der Waals surface area contributed by atoms with E-state index in [0.717, 1.165) is 8.58 Å². The molecule has 0 heterocycles. The number of phosphoric acid groups is 1. The summed E-state index contributed by atoms with van der Waals surface area (Å²) in [5, 5.41) is 2.79. The van der Waals surface area contributed by atoms with Crippen LogP contribution in [0.25, 0.3) is 0 Å². The van der Waals surface area contributed by atoms with Crippen LogP contribution in [-0.2, 0) is 4.57 Å². The van der Waals surface area contributed by atoms with E-state index in [0.29, 0.717) is 0 Å². The average molecular weight is 436 g/mol. The molecule has 0 aromatic heterocycles. The number of benzene rings is 4. The van der Waals surface area contributed by atoms with Gasteiger partial charge in [0.05, 0.1) is 0 Å². The second kappa shape index (κ2) is 11.3. The highest BCUT2D eigenvalue weighted by Gasteiger charge is 2.24. The molecule has 0 saturated heterocycles. The summed E-state index contributed by atoms with van der Waals surface area (Å²) in [4.78, 5) is 9.53. The maximum atomic E-state index is 11.7. The minimum absolute atomic E-state index is 0.286. The largest absolute Gasteiger partial charge is 0.584 e. The van der Waals surface area contributed by atoms with Gasteiger partial charge in [-0.15, -0.1) is 0 Å². The van der Waals surface area contributed by atoms with Crippen molar-refractivity contribution in [2.75, 3.05) is 0 Å². The zero-order valence-corrected chi connectivity index (χ0v) is 18.1. The molecule has 0 radical (unpaired) electrons. The van der Waals surface area contributed by atoms with Gasteiger partial charge in [0.25, 0.3) is 0 Å². The average Bonchev–Trinajstić information content (AvgIpc) is 2.76. The Labute approximate surface area is 178 Å². The highest BCUT2D eigenvalue weighted by Crippen LogP contribution is 2.44. The number of phosphoric ester groups is 1. The molecule has 4 aromatic carbocycles. The summed E-state index contributed by atoms with van der Waals surface area (Å²) in [6.45, 7) is 0. The first-order chi connectivity index (χ1) is 14.6. The fraction of sp³-hybridized carbons (Fsp3) is 0. The molecule has 0 aliphatic carbocycles. The Morgan fingerprint density at radius 3 is 1.17 bits per heavy atom. The summed E-state index contributed by atoms with van der Waals surface area (Å²) in [6, 6.07) is 37.9. The van der Waals surface area contributed by atoms with E-state index in [2.05, 4.69) is 60.7 Å². The van der Waals surface area contributed by atoms with Gasteiger partial charge in [0.1, 0.15) is 11.5 Å². The van der Waals surface area contributed by atoms with Gasteiger partial charge >= 0.3 is 7.82 Å². The lowest BCUT2D eigenvalue weighted by Gasteiger charge is -2.13. The van der Waals surface area contributed by atoms with Crippen molar-refractivity contribution < 1.29 is 18.5 Å². The van der Waals surface area contributed by atoms with Crippen LogP contribution in [0.5, 0.6) is 11.5 Å². The van der Waals surface area contributed by atoms with Crippen molar-refractivity contribution in [3.05, 3.63) is 121 Å². The molecule has 0 fully saturated rings. The molecule has 4 aromatic rings. The van der Waals surface area contributed by atoms with Gasteiger partial charge in [0.2, 0.25) is 0 Å². The third-order valence-electron chi connectivity index (χ3n) is 3.76. The van der Waals surface area contributed by atoms with Gasteiger partial charge in [-0.2, -0.15) is 0 Å². The molecule has 0 unspecified atom stereocenters. The normalized spacial score (nSPS) is 10.4. The third kappa shape index (κ3) is 7.85. The molecule has 0 amide bonds. The minimum atomic E-state index is -4.14. The molecule has 6 heteroatoms. The number of hydrogen-bond donors (Lipinski definition) is 1. The minimum Gasteiger partial charge on any atom is -0.395 e. The predicted molar refractivity (Wildman–Crippen MR) is 124 cm³/mol. The van der Waals surface area contributed by atoms with Gasteiger partial charge in [-0.1, -0.05) is 106 Å². The molecule has 4 nitrogen and oxygen atoms in total. The van der Waals surface area contributed by atoms with Crippen molar-refractivity contribution in [3.8, 4) is 11.5 Å². The molecule has 152 valence electrons. The highest BCUT2D eigenvalue weighted by atomic mass is 31.2. The maximum absolute atomic E-state index is 11.7. The van der Waals surface area contributed by atoms with E-state index in [1.165, 1.54) is 10.6 Å². The SMILES string of the molecule is O=P(O)(Oc1ccccc1)Oc1ccccc1.c1ccc(Pc2ccccc2)cc1. The van der Waals surface area contributed by atoms with E-state index in [-0.39, 0.29) is 11.5 Å². The van der Waals surface area contributed by atoms with Crippen molar-refractivity contribution in [2.24, 2.45) is 0 Å². The molecule has 4 rings (SSSR count). The first-order valence-electron chi connectivity index (χ1n) is 9.30. The maximum Gasteiger partial charge on any atom is 0.584 e. The Kier molecular flexibility index (Phi) is 8.23. The van der Waals surface area contributed by atoms with E-state index >= 15 is 0 Å². The van der Waals surface area contributed by atoms with E-state index in [9.17, 15) is 9.46 Å². The van der Waals surface area contributed by atoms with Gasteiger partial charge in [0.15, 0.2) is 0 Å². The molecule has 1 N–H and O–H groups in total. The van der Waals surface area contributed by atoms with Crippen LogP contribution in [0, 0.1) is 0 Å². The third-order valence-corrected chi connectivity index (χ3v) is 5.89. The lowest BCUT2D eigenvalue weighted by Crippen LogP contribution is -2.01. The summed E-state index contributed by atoms with van der Waals surface area (Å²) in [5.74, 6) is 0.573. The van der Waals surface area contributed by atoms with Crippen LogP contribution < -0.4 is 19.7 Å². The Balaban J connectivity index is 0.000000177. The number of para-hydroxylation sites is 2. The van der Waals surface area contributed by atoms with Crippen molar-refractivity contribution in [1.82, 2.24) is 0 Å². The Hall–Kier alpha value is -2.90. The molecule has 0 bridgehead atoms. The summed E-state index contributed by atoms with van der Waals surface area (Å²) in [5.41, 5.74) is 0. The van der Waals surface area contributed by atoms with Crippen LogP contribution in [0.15, 0.2) is 121 Å². The number of hydrogen-bond acceptors (Lipinski definition) is 3. The van der Waals surface area contributed by atoms with Crippen molar-refractivity contribution in [2.45, 2.75) is 0 Å². The molecule has 30 heavy (non-hydrogen) atoms. The molecule has 0 saturated carbocycles. The van der Waals surface area contributed by atoms with Crippen molar-refractivity contribution in [3.63, 3.8) is 0 Å². The van der Waals surface area contributed by atoms with Gasteiger partial charge in [-0.05, 0) is 34.9 Å². The van der Waals surface area contributed by atoms with Crippen LogP contribution in [0.3, 0.4) is 0 Å². The van der Waals surface area contributed by atoms with Crippen molar-refractivity contribution >= 4 is 27.0 Å². The molecular formula is C24H22O4P2. The van der Waals surface area contributed by atoms with Crippen LogP contribution in [0.2, 0.25) is 0 Å². The Morgan fingerprint density at radius 2 is 0.833 bits per heavy atom. The summed E-state index contributed by atoms with van der Waals surface area (Å²) in [7, 11) is -3.36. The lowest BCUT2D eigenvalue weighted by molar-refractivity contribution is 0.291. The first kappa shape index (κ1) is 21.8. The standard InChI is InChI=1S/C12H11O4P.C12H11P/c13-17(14,15-11-7-3-1-4-8-11)16-12-9-5-2-6-10-12;1-3-7-11(8-4-1)13-12-9-5-2-6-10-12/h1-10H,(H,13,14);1-10,13H. The lowest BCUT2D eigenvalue weighted by atomic mass is 10.3. The van der Waals surface area contributed by atoms with Crippen molar-refractivity contribution in [1.29, 1.82) is 0 Å². The summed E-state index contributed by atoms with van der Waals surface area (Å²) >= 11 is 0. The van der Waals surface area contributed by atoms with Crippen LogP contribution >= 0.6 is 16.4 Å². The molecular weight excluding hydrogens is 414 g/mol. The topological polar surface area (TPSA) is 55.8 Å². The smallest absolute Gasteiger partial charge is 0.395 e. The van der Waals surface area contributed by atoms with E-state index < -0.39 is 7.82 Å². The van der Waals surface area contributed by atoms with Gasteiger partial charge in [-0.3, -0.25) is 4.89 Å². The second-order valence-electron chi connectivity index (χ2n) is 6.13. The number of rotatable bonds is 6. The van der Waals surface area contributed by atoms with Gasteiger partial charge < -0.3 is 9.05 Å². The van der Waals surface area contributed by atoms with Gasteiger partial charge in [-0.25, -0.2) is 4.57 Å². The van der Waals surface area contributed by atoms with Crippen LogP contribution in [0.4, 0.5) is 0 Å². The predicted octanol–water partition coefficient (Wildman–Crippen LogP) is 5.56. The summed E-state index contributed by atoms with van der Waals surface area (Å²) in [6.07, 6.45) is 0. The second-order valence-corrected chi connectivity index (χ2v) is 8.84. The first-order valence-corrected chi connectivity index (χ1v) is 11.8. The summed E-state index contributed by atoms with van der Waals surface area (Å²) < 4.78 is 21.5. The molecule has 0 aliphatic heterocycles. The van der Waals surface area contributed by atoms with E-state index in [1.54, 1.807) is 60.7 Å². The quantitative estimate of drug-likeness (QED) is 0.402. The van der Waals surface area contributed by atoms with Crippen LogP contribution in [0.1, 0.15) is 0 Å². The zero-order valence-electron chi connectivity index (χ0n) is 16.2. The zero-order chi connectivity index (χ0) is 21.1.